The number of allylic oxidation sites excluding steroid dienone is 1. The lowest BCUT2D eigenvalue weighted by Gasteiger charge is -2.58. The van der Waals surface area contributed by atoms with Gasteiger partial charge in [0.1, 0.15) is 0 Å². The van der Waals surface area contributed by atoms with Gasteiger partial charge in [0.25, 0.3) is 5.91 Å². The second-order valence-corrected chi connectivity index (χ2v) is 9.66. The minimum atomic E-state index is -0.777. The molecule has 4 saturated carbocycles. The third kappa shape index (κ3) is 3.94. The largest absolute Gasteiger partial charge is 0.452 e. The molecule has 0 saturated heterocycles. The molecule has 3 atom stereocenters. The summed E-state index contributed by atoms with van der Waals surface area (Å²) in [6.45, 7) is 2.25. The van der Waals surface area contributed by atoms with E-state index in [1.54, 1.807) is 6.92 Å². The van der Waals surface area contributed by atoms with E-state index in [1.807, 2.05) is 0 Å². The van der Waals surface area contributed by atoms with Gasteiger partial charge in [-0.2, -0.15) is 0 Å². The van der Waals surface area contributed by atoms with Crippen molar-refractivity contribution in [1.29, 1.82) is 0 Å². The molecule has 5 nitrogen and oxygen atoms in total. The zero-order valence-corrected chi connectivity index (χ0v) is 16.5. The molecule has 0 unspecified atom stereocenters. The van der Waals surface area contributed by atoms with Crippen LogP contribution in [0.3, 0.4) is 0 Å². The van der Waals surface area contributed by atoms with Gasteiger partial charge in [0, 0.05) is 6.54 Å². The number of aliphatic hydroxyl groups is 1. The fourth-order valence-corrected chi connectivity index (χ4v) is 6.41. The standard InChI is InChI=1S/C22H33NO4/c1-15(19(24)23-8-7-16-5-3-2-4-6-16)27-20(25)21-10-17-9-18(11-21)13-22(26,12-17)14-21/h5,15,17-18,26H,2-4,6-14H2,1H3,(H,23,24)/t15-,17-,18-,21?,22?/m0/s1. The van der Waals surface area contributed by atoms with Crippen LogP contribution in [0.25, 0.3) is 0 Å². The van der Waals surface area contributed by atoms with E-state index in [0.29, 0.717) is 24.8 Å². The highest BCUT2D eigenvalue weighted by molar-refractivity contribution is 5.85. The number of amides is 1. The maximum Gasteiger partial charge on any atom is 0.312 e. The van der Waals surface area contributed by atoms with Crippen LogP contribution in [-0.4, -0.2) is 35.2 Å². The molecule has 5 aliphatic rings. The average Bonchev–Trinajstić information content (AvgIpc) is 2.60. The van der Waals surface area contributed by atoms with Gasteiger partial charge in [-0.15, -0.1) is 0 Å². The number of rotatable bonds is 6. The molecular formula is C22H33NO4. The normalized spacial score (nSPS) is 38.2. The van der Waals surface area contributed by atoms with E-state index in [9.17, 15) is 14.7 Å². The molecule has 4 fully saturated rings. The van der Waals surface area contributed by atoms with Gasteiger partial charge in [-0.05, 0) is 89.4 Å². The number of hydrogen-bond acceptors (Lipinski definition) is 4. The lowest BCUT2D eigenvalue weighted by Crippen LogP contribution is -2.59. The van der Waals surface area contributed by atoms with Crippen molar-refractivity contribution < 1.29 is 19.4 Å². The average molecular weight is 376 g/mol. The highest BCUT2D eigenvalue weighted by Gasteiger charge is 2.61. The van der Waals surface area contributed by atoms with Gasteiger partial charge in [-0.25, -0.2) is 0 Å². The van der Waals surface area contributed by atoms with E-state index in [0.717, 1.165) is 51.4 Å². The van der Waals surface area contributed by atoms with Gasteiger partial charge >= 0.3 is 5.97 Å². The molecule has 4 bridgehead atoms. The second kappa shape index (κ2) is 7.23. The van der Waals surface area contributed by atoms with Crippen molar-refractivity contribution in [2.24, 2.45) is 17.3 Å². The molecule has 0 spiro atoms. The number of nitrogens with one attached hydrogen (secondary N) is 1. The molecule has 5 heteroatoms. The Morgan fingerprint density at radius 3 is 2.63 bits per heavy atom. The maximum absolute atomic E-state index is 13.0. The Hall–Kier alpha value is -1.36. The minimum Gasteiger partial charge on any atom is -0.452 e. The quantitative estimate of drug-likeness (QED) is 0.552. The highest BCUT2D eigenvalue weighted by Crippen LogP contribution is 2.62. The summed E-state index contributed by atoms with van der Waals surface area (Å²) in [5.41, 5.74) is 0.163. The van der Waals surface area contributed by atoms with E-state index < -0.39 is 17.1 Å². The molecule has 150 valence electrons. The molecule has 0 aromatic heterocycles. The van der Waals surface area contributed by atoms with Crippen LogP contribution in [-0.2, 0) is 14.3 Å². The molecule has 0 aliphatic heterocycles. The van der Waals surface area contributed by atoms with Crippen LogP contribution < -0.4 is 5.32 Å². The molecule has 2 N–H and O–H groups in total. The van der Waals surface area contributed by atoms with Crippen LogP contribution in [0, 0.1) is 17.3 Å². The Morgan fingerprint density at radius 1 is 1.26 bits per heavy atom. The molecule has 0 aromatic rings. The Balaban J connectivity index is 1.28. The lowest BCUT2D eigenvalue weighted by atomic mass is 9.48. The zero-order valence-electron chi connectivity index (χ0n) is 16.5. The van der Waals surface area contributed by atoms with E-state index in [-0.39, 0.29) is 11.9 Å². The van der Waals surface area contributed by atoms with E-state index >= 15 is 0 Å². The van der Waals surface area contributed by atoms with E-state index in [1.165, 1.54) is 18.4 Å². The van der Waals surface area contributed by atoms with Crippen molar-refractivity contribution in [1.82, 2.24) is 5.32 Å². The van der Waals surface area contributed by atoms with Gasteiger partial charge in [0.15, 0.2) is 6.10 Å². The van der Waals surface area contributed by atoms with Crippen molar-refractivity contribution in [3.8, 4) is 0 Å². The summed E-state index contributed by atoms with van der Waals surface area (Å²) in [4.78, 5) is 25.3. The van der Waals surface area contributed by atoms with Crippen molar-refractivity contribution in [2.45, 2.75) is 89.3 Å². The Morgan fingerprint density at radius 2 is 2.00 bits per heavy atom. The first-order valence-corrected chi connectivity index (χ1v) is 10.8. The third-order valence-electron chi connectivity index (χ3n) is 7.25. The number of carbonyl (C=O) groups excluding carboxylic acids is 2. The molecule has 0 heterocycles. The fraction of sp³-hybridized carbons (Fsp3) is 0.818. The molecule has 0 radical (unpaired) electrons. The minimum absolute atomic E-state index is 0.219. The smallest absolute Gasteiger partial charge is 0.312 e. The second-order valence-electron chi connectivity index (χ2n) is 9.66. The highest BCUT2D eigenvalue weighted by atomic mass is 16.5. The molecule has 5 aliphatic carbocycles. The number of esters is 1. The Kier molecular flexibility index (Phi) is 5.08. The zero-order chi connectivity index (χ0) is 19.1. The number of hydrogen-bond donors (Lipinski definition) is 2. The van der Waals surface area contributed by atoms with Crippen LogP contribution in [0.4, 0.5) is 0 Å². The van der Waals surface area contributed by atoms with Crippen LogP contribution in [0.15, 0.2) is 11.6 Å². The van der Waals surface area contributed by atoms with Crippen molar-refractivity contribution >= 4 is 11.9 Å². The summed E-state index contributed by atoms with van der Waals surface area (Å²) in [5.74, 6) is 0.365. The molecule has 5 rings (SSSR count). The van der Waals surface area contributed by atoms with Gasteiger partial charge in [-0.3, -0.25) is 9.59 Å². The summed E-state index contributed by atoms with van der Waals surface area (Å²) in [6, 6.07) is 0. The van der Waals surface area contributed by atoms with Crippen molar-refractivity contribution in [3.63, 3.8) is 0 Å². The Labute approximate surface area is 161 Å². The predicted molar refractivity (Wildman–Crippen MR) is 102 cm³/mol. The van der Waals surface area contributed by atoms with Crippen molar-refractivity contribution in [2.75, 3.05) is 6.54 Å². The van der Waals surface area contributed by atoms with Crippen LogP contribution in [0.2, 0.25) is 0 Å². The van der Waals surface area contributed by atoms with Gasteiger partial charge in [0.2, 0.25) is 0 Å². The topological polar surface area (TPSA) is 75.6 Å². The summed E-state index contributed by atoms with van der Waals surface area (Å²) in [7, 11) is 0. The Bertz CT molecular complexity index is 626. The number of ether oxygens (including phenoxy) is 1. The van der Waals surface area contributed by atoms with Crippen LogP contribution in [0.1, 0.15) is 77.6 Å². The predicted octanol–water partition coefficient (Wildman–Crippen LogP) is 3.26. The van der Waals surface area contributed by atoms with E-state index in [2.05, 4.69) is 11.4 Å². The summed E-state index contributed by atoms with van der Waals surface area (Å²) in [6.07, 6.45) is 12.1. The van der Waals surface area contributed by atoms with E-state index in [4.69, 9.17) is 4.74 Å². The van der Waals surface area contributed by atoms with Crippen LogP contribution >= 0.6 is 0 Å². The molecular weight excluding hydrogens is 342 g/mol. The lowest BCUT2D eigenvalue weighted by molar-refractivity contribution is -0.200. The molecule has 1 amide bonds. The maximum atomic E-state index is 13.0. The fourth-order valence-electron chi connectivity index (χ4n) is 6.41. The van der Waals surface area contributed by atoms with Crippen LogP contribution in [0.5, 0.6) is 0 Å². The summed E-state index contributed by atoms with van der Waals surface area (Å²) < 4.78 is 5.61. The van der Waals surface area contributed by atoms with Gasteiger partial charge in [-0.1, -0.05) is 11.6 Å². The monoisotopic (exact) mass is 375 g/mol. The van der Waals surface area contributed by atoms with Crippen molar-refractivity contribution in [3.05, 3.63) is 11.6 Å². The van der Waals surface area contributed by atoms with Gasteiger partial charge in [0.05, 0.1) is 11.0 Å². The summed E-state index contributed by atoms with van der Waals surface area (Å²) in [5, 5.41) is 13.7. The molecule has 27 heavy (non-hydrogen) atoms. The first-order valence-electron chi connectivity index (χ1n) is 10.8. The first-order chi connectivity index (χ1) is 12.9. The number of carbonyl (C=O) groups is 2. The summed E-state index contributed by atoms with van der Waals surface area (Å²) >= 11 is 0. The third-order valence-corrected chi connectivity index (χ3v) is 7.25. The van der Waals surface area contributed by atoms with Gasteiger partial charge < -0.3 is 15.2 Å². The SMILES string of the molecule is C[C@H](OC(=O)C12C[C@@H]3C[C@H](CC(O)(C3)C1)C2)C(=O)NCCC1=CCCCC1. The first kappa shape index (κ1) is 19.0. The molecule has 0 aromatic carbocycles.